The Balaban J connectivity index is 1.93. The SMILES string of the molecule is COc1cccc(N(CC(=O)N(C)C2CCCCC2)S(=O)(=O)c2ccccc2)c1. The first kappa shape index (κ1) is 21.2. The molecule has 7 heteroatoms. The molecule has 0 N–H and O–H groups in total. The molecule has 0 unspecified atom stereocenters. The summed E-state index contributed by atoms with van der Waals surface area (Å²) in [6, 6.07) is 15.1. The summed E-state index contributed by atoms with van der Waals surface area (Å²) in [6.45, 7) is -0.253. The van der Waals surface area contributed by atoms with E-state index >= 15 is 0 Å². The number of anilines is 1. The summed E-state index contributed by atoms with van der Waals surface area (Å²) in [5.41, 5.74) is 0.401. The van der Waals surface area contributed by atoms with Gasteiger partial charge in [-0.15, -0.1) is 0 Å². The van der Waals surface area contributed by atoms with Gasteiger partial charge in [-0.1, -0.05) is 43.5 Å². The van der Waals surface area contributed by atoms with Crippen molar-refractivity contribution in [2.45, 2.75) is 43.0 Å². The molecule has 0 saturated heterocycles. The number of nitrogens with zero attached hydrogens (tertiary/aromatic N) is 2. The zero-order valence-corrected chi connectivity index (χ0v) is 17.8. The van der Waals surface area contributed by atoms with E-state index in [2.05, 4.69) is 0 Å². The third-order valence-corrected chi connectivity index (χ3v) is 7.26. The van der Waals surface area contributed by atoms with Crippen LogP contribution in [0, 0.1) is 0 Å². The topological polar surface area (TPSA) is 66.9 Å². The van der Waals surface area contributed by atoms with E-state index < -0.39 is 10.0 Å². The highest BCUT2D eigenvalue weighted by atomic mass is 32.2. The number of carbonyl (C=O) groups excluding carboxylic acids is 1. The number of carbonyl (C=O) groups is 1. The van der Waals surface area contributed by atoms with Crippen LogP contribution in [0.1, 0.15) is 32.1 Å². The van der Waals surface area contributed by atoms with Crippen molar-refractivity contribution in [1.82, 2.24) is 4.90 Å². The monoisotopic (exact) mass is 416 g/mol. The third-order valence-electron chi connectivity index (χ3n) is 5.47. The van der Waals surface area contributed by atoms with Gasteiger partial charge >= 0.3 is 0 Å². The molecule has 0 aromatic heterocycles. The van der Waals surface area contributed by atoms with E-state index in [-0.39, 0.29) is 23.4 Å². The van der Waals surface area contributed by atoms with E-state index in [1.165, 1.54) is 30.0 Å². The predicted molar refractivity (Wildman–Crippen MR) is 114 cm³/mol. The molecule has 1 aliphatic rings. The molecule has 0 radical (unpaired) electrons. The standard InChI is InChI=1S/C22H28N2O4S/c1-23(18-10-5-3-6-11-18)22(25)17-24(19-12-9-13-20(16-19)28-2)29(26,27)21-14-7-4-8-15-21/h4,7-9,12-16,18H,3,5-6,10-11,17H2,1-2H3. The Labute approximate surface area is 173 Å². The van der Waals surface area contributed by atoms with Crippen LogP contribution in [0.25, 0.3) is 0 Å². The summed E-state index contributed by atoms with van der Waals surface area (Å²) in [5.74, 6) is 0.322. The van der Waals surface area contributed by atoms with Gasteiger partial charge in [-0.25, -0.2) is 8.42 Å². The summed E-state index contributed by atoms with van der Waals surface area (Å²) in [6.07, 6.45) is 5.32. The van der Waals surface area contributed by atoms with Crippen LogP contribution in [0.5, 0.6) is 5.75 Å². The van der Waals surface area contributed by atoms with Gasteiger partial charge in [0.15, 0.2) is 0 Å². The van der Waals surface area contributed by atoms with Crippen LogP contribution >= 0.6 is 0 Å². The first-order chi connectivity index (χ1) is 13.9. The van der Waals surface area contributed by atoms with Crippen LogP contribution in [0.2, 0.25) is 0 Å². The van der Waals surface area contributed by atoms with Crippen molar-refractivity contribution in [2.24, 2.45) is 0 Å². The van der Waals surface area contributed by atoms with E-state index in [0.29, 0.717) is 11.4 Å². The molecule has 29 heavy (non-hydrogen) atoms. The molecule has 2 aromatic carbocycles. The molecule has 156 valence electrons. The minimum absolute atomic E-state index is 0.149. The first-order valence-electron chi connectivity index (χ1n) is 9.91. The normalized spacial score (nSPS) is 15.0. The van der Waals surface area contributed by atoms with Crippen molar-refractivity contribution in [3.05, 3.63) is 54.6 Å². The van der Waals surface area contributed by atoms with Gasteiger partial charge in [0.25, 0.3) is 10.0 Å². The van der Waals surface area contributed by atoms with Crippen LogP contribution < -0.4 is 9.04 Å². The number of benzene rings is 2. The lowest BCUT2D eigenvalue weighted by molar-refractivity contribution is -0.130. The second kappa shape index (κ2) is 9.31. The number of sulfonamides is 1. The van der Waals surface area contributed by atoms with Gasteiger partial charge in [0, 0.05) is 19.2 Å². The fraction of sp³-hybridized carbons (Fsp3) is 0.409. The average Bonchev–Trinajstić information content (AvgIpc) is 2.77. The molecule has 1 aliphatic carbocycles. The van der Waals surface area contributed by atoms with Crippen LogP contribution in [-0.4, -0.2) is 46.0 Å². The van der Waals surface area contributed by atoms with Crippen molar-refractivity contribution >= 4 is 21.6 Å². The summed E-state index contributed by atoms with van der Waals surface area (Å²) in [5, 5.41) is 0. The van der Waals surface area contributed by atoms with E-state index in [1.54, 1.807) is 54.4 Å². The highest BCUT2D eigenvalue weighted by Crippen LogP contribution is 2.28. The van der Waals surface area contributed by atoms with Crippen LogP contribution in [-0.2, 0) is 14.8 Å². The molecule has 0 spiro atoms. The quantitative estimate of drug-likeness (QED) is 0.691. The van der Waals surface area contributed by atoms with Gasteiger partial charge in [-0.2, -0.15) is 0 Å². The highest BCUT2D eigenvalue weighted by molar-refractivity contribution is 7.92. The second-order valence-corrected chi connectivity index (χ2v) is 9.19. The summed E-state index contributed by atoms with van der Waals surface area (Å²) >= 11 is 0. The molecule has 0 aliphatic heterocycles. The highest BCUT2D eigenvalue weighted by Gasteiger charge is 2.30. The Morgan fingerprint density at radius 1 is 1.03 bits per heavy atom. The number of methoxy groups -OCH3 is 1. The maximum absolute atomic E-state index is 13.4. The summed E-state index contributed by atoms with van der Waals surface area (Å²) in [4.78, 5) is 14.9. The van der Waals surface area contributed by atoms with Crippen molar-refractivity contribution in [3.8, 4) is 5.75 Å². The van der Waals surface area contributed by atoms with Gasteiger partial charge in [-0.3, -0.25) is 9.10 Å². The summed E-state index contributed by atoms with van der Waals surface area (Å²) < 4.78 is 33.2. The molecule has 2 aromatic rings. The van der Waals surface area contributed by atoms with Gasteiger partial charge in [-0.05, 0) is 37.1 Å². The number of rotatable bonds is 7. The lowest BCUT2D eigenvalue weighted by atomic mass is 9.94. The zero-order valence-electron chi connectivity index (χ0n) is 17.0. The number of likely N-dealkylation sites (N-methyl/N-ethyl adjacent to an activating group) is 1. The number of hydrogen-bond donors (Lipinski definition) is 0. The fourth-order valence-electron chi connectivity index (χ4n) is 3.71. The van der Waals surface area contributed by atoms with Crippen LogP contribution in [0.4, 0.5) is 5.69 Å². The van der Waals surface area contributed by atoms with Gasteiger partial charge in [0.05, 0.1) is 17.7 Å². The zero-order chi connectivity index (χ0) is 20.9. The smallest absolute Gasteiger partial charge is 0.264 e. The largest absolute Gasteiger partial charge is 0.497 e. The number of ether oxygens (including phenoxy) is 1. The van der Waals surface area contributed by atoms with Crippen molar-refractivity contribution in [3.63, 3.8) is 0 Å². The Hall–Kier alpha value is -2.54. The second-order valence-electron chi connectivity index (χ2n) is 7.32. The van der Waals surface area contributed by atoms with E-state index in [0.717, 1.165) is 25.7 Å². The minimum atomic E-state index is -3.91. The van der Waals surface area contributed by atoms with Gasteiger partial charge in [0.2, 0.25) is 5.91 Å². The Kier molecular flexibility index (Phi) is 6.79. The molecule has 1 fully saturated rings. The lowest BCUT2D eigenvalue weighted by Gasteiger charge is -2.33. The van der Waals surface area contributed by atoms with Crippen molar-refractivity contribution in [2.75, 3.05) is 25.0 Å². The molecular weight excluding hydrogens is 388 g/mol. The maximum Gasteiger partial charge on any atom is 0.264 e. The third kappa shape index (κ3) is 4.90. The molecule has 0 atom stereocenters. The number of hydrogen-bond acceptors (Lipinski definition) is 4. The average molecular weight is 417 g/mol. The summed E-state index contributed by atoms with van der Waals surface area (Å²) in [7, 11) is -0.608. The van der Waals surface area contributed by atoms with E-state index in [1.807, 2.05) is 0 Å². The Morgan fingerprint density at radius 2 is 1.72 bits per heavy atom. The Bertz CT molecular complexity index is 925. The van der Waals surface area contributed by atoms with Crippen molar-refractivity contribution < 1.29 is 17.9 Å². The molecule has 1 saturated carbocycles. The van der Waals surface area contributed by atoms with Gasteiger partial charge < -0.3 is 9.64 Å². The van der Waals surface area contributed by atoms with Crippen LogP contribution in [0.15, 0.2) is 59.5 Å². The van der Waals surface area contributed by atoms with E-state index in [4.69, 9.17) is 4.74 Å². The van der Waals surface area contributed by atoms with Crippen molar-refractivity contribution in [1.29, 1.82) is 0 Å². The van der Waals surface area contributed by atoms with Crippen LogP contribution in [0.3, 0.4) is 0 Å². The lowest BCUT2D eigenvalue weighted by Crippen LogP contribution is -2.45. The molecule has 0 bridgehead atoms. The predicted octanol–water partition coefficient (Wildman–Crippen LogP) is 3.68. The molecule has 1 amide bonds. The maximum atomic E-state index is 13.4. The van der Waals surface area contributed by atoms with E-state index in [9.17, 15) is 13.2 Å². The fourth-order valence-corrected chi connectivity index (χ4v) is 5.13. The molecule has 3 rings (SSSR count). The molecule has 6 nitrogen and oxygen atoms in total. The minimum Gasteiger partial charge on any atom is -0.497 e. The Morgan fingerprint density at radius 3 is 2.38 bits per heavy atom. The molecule has 0 heterocycles. The van der Waals surface area contributed by atoms with Gasteiger partial charge in [0.1, 0.15) is 12.3 Å². The number of amides is 1. The first-order valence-corrected chi connectivity index (χ1v) is 11.3. The molecular formula is C22H28N2O4S.